The Morgan fingerprint density at radius 1 is 1.12 bits per heavy atom. The largest absolute Gasteiger partial charge is 0.358 e. The van der Waals surface area contributed by atoms with Gasteiger partial charge < -0.3 is 16.4 Å². The van der Waals surface area contributed by atoms with E-state index in [1.165, 1.54) is 32.1 Å². The minimum absolute atomic E-state index is 0. The van der Waals surface area contributed by atoms with Gasteiger partial charge in [0.1, 0.15) is 0 Å². The zero-order valence-corrected chi connectivity index (χ0v) is 15.6. The maximum Gasteiger partial charge on any atom is 0.237 e. The fraction of sp³-hybridized carbons (Fsp3) is 0.882. The van der Waals surface area contributed by atoms with Gasteiger partial charge in [0.05, 0.1) is 12.6 Å². The first-order chi connectivity index (χ1) is 11.1. The number of likely N-dealkylation sites (N-methyl/N-ethyl adjacent to an activating group) is 1. The molecule has 0 bridgehead atoms. The molecule has 0 radical (unpaired) electrons. The van der Waals surface area contributed by atoms with Crippen LogP contribution in [0.5, 0.6) is 0 Å². The van der Waals surface area contributed by atoms with E-state index in [1.807, 2.05) is 0 Å². The number of hydrogen-bond acceptors (Lipinski definition) is 4. The number of carbonyl (C=O) groups is 2. The average Bonchev–Trinajstić information content (AvgIpc) is 2.57. The summed E-state index contributed by atoms with van der Waals surface area (Å²) in [6.07, 6.45) is 8.93. The highest BCUT2D eigenvalue weighted by Gasteiger charge is 2.25. The van der Waals surface area contributed by atoms with Gasteiger partial charge in [-0.1, -0.05) is 32.1 Å². The van der Waals surface area contributed by atoms with Crippen LogP contribution in [0, 0.1) is 5.92 Å². The average molecular weight is 361 g/mol. The Morgan fingerprint density at radius 3 is 2.33 bits per heavy atom. The number of likely N-dealkylation sites (tertiary alicyclic amines) is 1. The zero-order chi connectivity index (χ0) is 16.7. The van der Waals surface area contributed by atoms with Crippen LogP contribution < -0.4 is 16.4 Å². The minimum Gasteiger partial charge on any atom is -0.358 e. The first-order valence-corrected chi connectivity index (χ1v) is 9.07. The second-order valence-electron chi connectivity index (χ2n) is 7.08. The highest BCUT2D eigenvalue weighted by atomic mass is 35.5. The van der Waals surface area contributed by atoms with Gasteiger partial charge in [-0.25, -0.2) is 0 Å². The SMILES string of the molecule is CNC(=O)CN1CCC(NC(=O)C(N)CC2CCCCC2)CC1.Cl. The van der Waals surface area contributed by atoms with E-state index in [0.29, 0.717) is 12.5 Å². The number of nitrogens with one attached hydrogen (secondary N) is 2. The lowest BCUT2D eigenvalue weighted by Crippen LogP contribution is -2.51. The monoisotopic (exact) mass is 360 g/mol. The Balaban J connectivity index is 0.00000288. The third-order valence-corrected chi connectivity index (χ3v) is 5.23. The van der Waals surface area contributed by atoms with Crippen molar-refractivity contribution in [3.05, 3.63) is 0 Å². The summed E-state index contributed by atoms with van der Waals surface area (Å²) in [7, 11) is 1.66. The summed E-state index contributed by atoms with van der Waals surface area (Å²) in [6, 6.07) is -0.178. The maximum absolute atomic E-state index is 12.3. The predicted molar refractivity (Wildman–Crippen MR) is 98.1 cm³/mol. The molecule has 1 saturated carbocycles. The molecule has 2 amide bonds. The van der Waals surface area contributed by atoms with E-state index in [9.17, 15) is 9.59 Å². The van der Waals surface area contributed by atoms with Crippen LogP contribution in [0.25, 0.3) is 0 Å². The molecule has 6 nitrogen and oxygen atoms in total. The van der Waals surface area contributed by atoms with Crippen molar-refractivity contribution in [1.29, 1.82) is 0 Å². The van der Waals surface area contributed by atoms with Gasteiger partial charge in [-0.05, 0) is 25.2 Å². The fourth-order valence-corrected chi connectivity index (χ4v) is 3.71. The zero-order valence-electron chi connectivity index (χ0n) is 14.8. The van der Waals surface area contributed by atoms with Crippen molar-refractivity contribution in [1.82, 2.24) is 15.5 Å². The Morgan fingerprint density at radius 2 is 1.75 bits per heavy atom. The highest BCUT2D eigenvalue weighted by Crippen LogP contribution is 2.27. The Bertz CT molecular complexity index is 394. The summed E-state index contributed by atoms with van der Waals surface area (Å²) in [5, 5.41) is 5.75. The quantitative estimate of drug-likeness (QED) is 0.660. The number of nitrogens with two attached hydrogens (primary N) is 1. The number of nitrogens with zero attached hydrogens (tertiary/aromatic N) is 1. The fourth-order valence-electron chi connectivity index (χ4n) is 3.71. The van der Waals surface area contributed by atoms with E-state index in [4.69, 9.17) is 5.73 Å². The van der Waals surface area contributed by atoms with Crippen molar-refractivity contribution in [3.63, 3.8) is 0 Å². The van der Waals surface area contributed by atoms with Crippen LogP contribution in [0.4, 0.5) is 0 Å². The molecule has 24 heavy (non-hydrogen) atoms. The summed E-state index contributed by atoms with van der Waals surface area (Å²) >= 11 is 0. The first-order valence-electron chi connectivity index (χ1n) is 9.07. The van der Waals surface area contributed by atoms with Crippen molar-refractivity contribution in [2.45, 2.75) is 63.5 Å². The summed E-state index contributed by atoms with van der Waals surface area (Å²) in [6.45, 7) is 2.13. The molecule has 1 unspecified atom stereocenters. The van der Waals surface area contributed by atoms with Gasteiger partial charge in [0.2, 0.25) is 11.8 Å². The Hall–Kier alpha value is -0.850. The molecule has 0 aromatic carbocycles. The topological polar surface area (TPSA) is 87.5 Å². The normalized spacial score (nSPS) is 21.6. The third kappa shape index (κ3) is 6.95. The van der Waals surface area contributed by atoms with Crippen molar-refractivity contribution in [2.24, 2.45) is 11.7 Å². The summed E-state index contributed by atoms with van der Waals surface area (Å²) in [5.74, 6) is 0.668. The number of rotatable bonds is 6. The molecule has 2 rings (SSSR count). The standard InChI is InChI=1S/C17H32N4O2.ClH/c1-19-16(22)12-21-9-7-14(8-10-21)20-17(23)15(18)11-13-5-3-2-4-6-13;/h13-15H,2-12,18H2,1H3,(H,19,22)(H,20,23);1H. The molecule has 1 atom stereocenters. The van der Waals surface area contributed by atoms with Gasteiger partial charge in [-0.15, -0.1) is 12.4 Å². The molecular weight excluding hydrogens is 328 g/mol. The number of amides is 2. The molecule has 140 valence electrons. The number of halogens is 1. The molecule has 0 aromatic rings. The molecule has 1 aliphatic carbocycles. The Labute approximate surface area is 151 Å². The predicted octanol–water partition coefficient (Wildman–Crippen LogP) is 1.03. The molecule has 1 heterocycles. The van der Waals surface area contributed by atoms with Gasteiger partial charge >= 0.3 is 0 Å². The molecule has 2 aliphatic rings. The number of hydrogen-bond donors (Lipinski definition) is 3. The van der Waals surface area contributed by atoms with Crippen molar-refractivity contribution < 1.29 is 9.59 Å². The molecule has 7 heteroatoms. The van der Waals surface area contributed by atoms with Crippen LogP contribution in [0.3, 0.4) is 0 Å². The third-order valence-electron chi connectivity index (χ3n) is 5.23. The van der Waals surface area contributed by atoms with Gasteiger partial charge in [-0.2, -0.15) is 0 Å². The van der Waals surface area contributed by atoms with Gasteiger partial charge in [-0.3, -0.25) is 14.5 Å². The first kappa shape index (κ1) is 21.2. The van der Waals surface area contributed by atoms with Gasteiger partial charge in [0.15, 0.2) is 0 Å². The molecule has 4 N–H and O–H groups in total. The summed E-state index contributed by atoms with van der Waals surface area (Å²) in [5.41, 5.74) is 6.10. The van der Waals surface area contributed by atoms with Crippen molar-refractivity contribution >= 4 is 24.2 Å². The molecular formula is C17H33ClN4O2. The summed E-state index contributed by atoms with van der Waals surface area (Å²) < 4.78 is 0. The lowest BCUT2D eigenvalue weighted by atomic mass is 9.85. The second-order valence-corrected chi connectivity index (χ2v) is 7.08. The van der Waals surface area contributed by atoms with Gasteiger partial charge in [0.25, 0.3) is 0 Å². The van der Waals surface area contributed by atoms with E-state index >= 15 is 0 Å². The number of piperidine rings is 1. The molecule has 1 aliphatic heterocycles. The molecule has 0 spiro atoms. The van der Waals surface area contributed by atoms with E-state index < -0.39 is 0 Å². The molecule has 2 fully saturated rings. The highest BCUT2D eigenvalue weighted by molar-refractivity contribution is 5.85. The maximum atomic E-state index is 12.3. The minimum atomic E-state index is -0.373. The van der Waals surface area contributed by atoms with Crippen molar-refractivity contribution in [3.8, 4) is 0 Å². The van der Waals surface area contributed by atoms with Crippen LogP contribution in [-0.4, -0.2) is 55.5 Å². The van der Waals surface area contributed by atoms with Crippen LogP contribution in [-0.2, 0) is 9.59 Å². The molecule has 1 saturated heterocycles. The van der Waals surface area contributed by atoms with Crippen LogP contribution in [0.15, 0.2) is 0 Å². The van der Waals surface area contributed by atoms with Gasteiger partial charge in [0, 0.05) is 26.2 Å². The van der Waals surface area contributed by atoms with Crippen LogP contribution in [0.2, 0.25) is 0 Å². The van der Waals surface area contributed by atoms with E-state index in [0.717, 1.165) is 32.4 Å². The lowest BCUT2D eigenvalue weighted by molar-refractivity contribution is -0.125. The van der Waals surface area contributed by atoms with Crippen LogP contribution in [0.1, 0.15) is 51.4 Å². The number of carbonyl (C=O) groups excluding carboxylic acids is 2. The van der Waals surface area contributed by atoms with Crippen molar-refractivity contribution in [2.75, 3.05) is 26.7 Å². The summed E-state index contributed by atoms with van der Waals surface area (Å²) in [4.78, 5) is 25.8. The van der Waals surface area contributed by atoms with E-state index in [2.05, 4.69) is 15.5 Å². The van der Waals surface area contributed by atoms with E-state index in [-0.39, 0.29) is 36.3 Å². The van der Waals surface area contributed by atoms with E-state index in [1.54, 1.807) is 7.05 Å². The Kier molecular flexibility index (Phi) is 9.63. The molecule has 0 aromatic heterocycles. The smallest absolute Gasteiger partial charge is 0.237 e. The van der Waals surface area contributed by atoms with Crippen LogP contribution >= 0.6 is 12.4 Å². The second kappa shape index (κ2) is 10.9. The lowest BCUT2D eigenvalue weighted by Gasteiger charge is -2.32.